The zero-order valence-corrected chi connectivity index (χ0v) is 13.0. The lowest BCUT2D eigenvalue weighted by Crippen LogP contribution is -1.94. The number of aromatic nitrogens is 3. The SMILES string of the molecule is CCCCCSn1nc(-c2ccco2)nc1SCC. The van der Waals surface area contributed by atoms with Gasteiger partial charge in [-0.2, -0.15) is 9.07 Å². The average molecular weight is 297 g/mol. The zero-order valence-electron chi connectivity index (χ0n) is 11.3. The van der Waals surface area contributed by atoms with Crippen LogP contribution in [0.25, 0.3) is 11.6 Å². The standard InChI is InChI=1S/C13H19N3OS2/c1-3-5-6-10-19-16-13(18-4-2)14-12(15-16)11-8-7-9-17-11/h7-9H,3-6,10H2,1-2H3. The van der Waals surface area contributed by atoms with Crippen LogP contribution in [0.5, 0.6) is 0 Å². The van der Waals surface area contributed by atoms with Gasteiger partial charge in [-0.15, -0.1) is 5.10 Å². The minimum absolute atomic E-state index is 0.670. The molecule has 0 aromatic carbocycles. The second-order valence-corrected chi connectivity index (χ2v) is 6.29. The monoisotopic (exact) mass is 297 g/mol. The molecule has 4 nitrogen and oxygen atoms in total. The van der Waals surface area contributed by atoms with Crippen molar-refractivity contribution in [2.24, 2.45) is 0 Å². The predicted octanol–water partition coefficient (Wildman–Crippen LogP) is 4.34. The molecule has 19 heavy (non-hydrogen) atoms. The van der Waals surface area contributed by atoms with Crippen LogP contribution in [0.2, 0.25) is 0 Å². The Morgan fingerprint density at radius 3 is 2.89 bits per heavy atom. The normalized spacial score (nSPS) is 11.1. The molecule has 0 saturated heterocycles. The molecule has 0 bridgehead atoms. The molecule has 0 saturated carbocycles. The Bertz CT molecular complexity index is 482. The van der Waals surface area contributed by atoms with Gasteiger partial charge >= 0.3 is 0 Å². The van der Waals surface area contributed by atoms with Crippen LogP contribution >= 0.6 is 23.7 Å². The van der Waals surface area contributed by atoms with E-state index in [0.29, 0.717) is 5.82 Å². The van der Waals surface area contributed by atoms with Gasteiger partial charge in [-0.3, -0.25) is 0 Å². The molecule has 0 aliphatic carbocycles. The van der Waals surface area contributed by atoms with Gasteiger partial charge in [0.1, 0.15) is 0 Å². The van der Waals surface area contributed by atoms with Gasteiger partial charge in [0, 0.05) is 5.75 Å². The Morgan fingerprint density at radius 2 is 2.21 bits per heavy atom. The van der Waals surface area contributed by atoms with Crippen molar-refractivity contribution in [3.05, 3.63) is 18.4 Å². The van der Waals surface area contributed by atoms with E-state index in [2.05, 4.69) is 23.9 Å². The van der Waals surface area contributed by atoms with E-state index in [9.17, 15) is 0 Å². The van der Waals surface area contributed by atoms with Crippen LogP contribution in [0.3, 0.4) is 0 Å². The molecule has 0 aliphatic heterocycles. The zero-order chi connectivity index (χ0) is 13.5. The van der Waals surface area contributed by atoms with Gasteiger partial charge in [0.05, 0.1) is 6.26 Å². The molecule has 104 valence electrons. The first kappa shape index (κ1) is 14.5. The molecule has 0 spiro atoms. The third-order valence-corrected chi connectivity index (χ3v) is 4.42. The minimum atomic E-state index is 0.670. The first-order valence-corrected chi connectivity index (χ1v) is 8.55. The first-order chi connectivity index (χ1) is 9.35. The van der Waals surface area contributed by atoms with Gasteiger partial charge in [-0.1, -0.05) is 38.5 Å². The number of furan rings is 1. The highest BCUT2D eigenvalue weighted by atomic mass is 32.2. The fraction of sp³-hybridized carbons (Fsp3) is 0.538. The molecule has 0 radical (unpaired) electrons. The average Bonchev–Trinajstić information content (AvgIpc) is 3.04. The molecular formula is C13H19N3OS2. The molecule has 2 aromatic rings. The third-order valence-electron chi connectivity index (χ3n) is 2.53. The number of nitrogens with zero attached hydrogens (tertiary/aromatic N) is 3. The molecule has 2 rings (SSSR count). The minimum Gasteiger partial charge on any atom is -0.461 e. The topological polar surface area (TPSA) is 43.9 Å². The summed E-state index contributed by atoms with van der Waals surface area (Å²) in [5, 5.41) is 5.48. The first-order valence-electron chi connectivity index (χ1n) is 6.62. The summed E-state index contributed by atoms with van der Waals surface area (Å²) in [6.07, 6.45) is 5.37. The third kappa shape index (κ3) is 4.04. The van der Waals surface area contributed by atoms with Crippen LogP contribution in [0, 0.1) is 0 Å². The summed E-state index contributed by atoms with van der Waals surface area (Å²) in [6.45, 7) is 4.34. The van der Waals surface area contributed by atoms with Crippen molar-refractivity contribution in [1.82, 2.24) is 14.2 Å². The highest BCUT2D eigenvalue weighted by molar-refractivity contribution is 8.01. The fourth-order valence-corrected chi connectivity index (χ4v) is 3.27. The van der Waals surface area contributed by atoms with Crippen molar-refractivity contribution in [1.29, 1.82) is 0 Å². The summed E-state index contributed by atoms with van der Waals surface area (Å²) in [4.78, 5) is 4.54. The Kier molecular flexibility index (Phi) is 5.85. The predicted molar refractivity (Wildman–Crippen MR) is 81.5 cm³/mol. The van der Waals surface area contributed by atoms with Crippen molar-refractivity contribution < 1.29 is 4.42 Å². The van der Waals surface area contributed by atoms with Crippen molar-refractivity contribution >= 4 is 23.7 Å². The Balaban J connectivity index is 2.07. The van der Waals surface area contributed by atoms with Crippen molar-refractivity contribution in [2.45, 2.75) is 38.3 Å². The molecule has 0 unspecified atom stereocenters. The van der Waals surface area contributed by atoms with Crippen LogP contribution in [0.4, 0.5) is 0 Å². The van der Waals surface area contributed by atoms with E-state index in [-0.39, 0.29) is 0 Å². The Labute approximate surface area is 122 Å². The Hall–Kier alpha value is -0.880. The van der Waals surface area contributed by atoms with Gasteiger partial charge < -0.3 is 4.42 Å². The molecule has 2 heterocycles. The molecule has 6 heteroatoms. The van der Waals surface area contributed by atoms with E-state index in [0.717, 1.165) is 22.4 Å². The summed E-state index contributed by atoms with van der Waals surface area (Å²) in [5.74, 6) is 3.47. The van der Waals surface area contributed by atoms with Crippen LogP contribution < -0.4 is 0 Å². The number of thioether (sulfide) groups is 1. The number of unbranched alkanes of at least 4 members (excludes halogenated alkanes) is 2. The largest absolute Gasteiger partial charge is 0.461 e. The molecule has 0 amide bonds. The maximum Gasteiger partial charge on any atom is 0.218 e. The maximum absolute atomic E-state index is 5.35. The second kappa shape index (κ2) is 7.65. The highest BCUT2D eigenvalue weighted by Crippen LogP contribution is 2.25. The maximum atomic E-state index is 5.35. The fourth-order valence-electron chi connectivity index (χ4n) is 1.60. The summed E-state index contributed by atoms with van der Waals surface area (Å²) in [7, 11) is 0. The van der Waals surface area contributed by atoms with E-state index < -0.39 is 0 Å². The Morgan fingerprint density at radius 1 is 1.32 bits per heavy atom. The lowest BCUT2D eigenvalue weighted by atomic mass is 10.3. The smallest absolute Gasteiger partial charge is 0.218 e. The van der Waals surface area contributed by atoms with Crippen molar-refractivity contribution in [3.63, 3.8) is 0 Å². The van der Waals surface area contributed by atoms with Gasteiger partial charge in [0.2, 0.25) is 5.82 Å². The van der Waals surface area contributed by atoms with Gasteiger partial charge in [-0.25, -0.2) is 0 Å². The molecular weight excluding hydrogens is 278 g/mol. The van der Waals surface area contributed by atoms with E-state index in [1.54, 1.807) is 30.0 Å². The van der Waals surface area contributed by atoms with Crippen molar-refractivity contribution in [2.75, 3.05) is 11.5 Å². The van der Waals surface area contributed by atoms with E-state index in [1.807, 2.05) is 16.2 Å². The molecule has 0 fully saturated rings. The van der Waals surface area contributed by atoms with E-state index >= 15 is 0 Å². The number of rotatable bonds is 8. The van der Waals surface area contributed by atoms with E-state index in [1.165, 1.54) is 19.3 Å². The summed E-state index contributed by atoms with van der Waals surface area (Å²) < 4.78 is 7.28. The van der Waals surface area contributed by atoms with E-state index in [4.69, 9.17) is 4.42 Å². The van der Waals surface area contributed by atoms with Gasteiger partial charge in [0.25, 0.3) is 0 Å². The molecule has 0 N–H and O–H groups in total. The summed E-state index contributed by atoms with van der Waals surface area (Å²) in [5.41, 5.74) is 0. The molecule has 0 atom stereocenters. The highest BCUT2D eigenvalue weighted by Gasteiger charge is 2.13. The van der Waals surface area contributed by atoms with Crippen LogP contribution in [-0.2, 0) is 0 Å². The second-order valence-electron chi connectivity index (χ2n) is 4.04. The summed E-state index contributed by atoms with van der Waals surface area (Å²) >= 11 is 3.44. The lowest BCUT2D eigenvalue weighted by molar-refractivity contribution is 0.577. The van der Waals surface area contributed by atoms with Gasteiger partial charge in [-0.05, 0) is 36.3 Å². The summed E-state index contributed by atoms with van der Waals surface area (Å²) in [6, 6.07) is 3.75. The van der Waals surface area contributed by atoms with Crippen LogP contribution in [-0.4, -0.2) is 25.7 Å². The lowest BCUT2D eigenvalue weighted by Gasteiger charge is -2.02. The van der Waals surface area contributed by atoms with Crippen molar-refractivity contribution in [3.8, 4) is 11.6 Å². The quantitative estimate of drug-likeness (QED) is 0.536. The molecule has 2 aromatic heterocycles. The van der Waals surface area contributed by atoms with Crippen LogP contribution in [0.15, 0.2) is 28.0 Å². The van der Waals surface area contributed by atoms with Gasteiger partial charge in [0.15, 0.2) is 10.9 Å². The molecule has 0 aliphatic rings. The van der Waals surface area contributed by atoms with Crippen LogP contribution in [0.1, 0.15) is 33.1 Å². The number of hydrogen-bond donors (Lipinski definition) is 0. The number of hydrogen-bond acceptors (Lipinski definition) is 5.